The molecule has 25 heavy (non-hydrogen) atoms. The van der Waals surface area contributed by atoms with Crippen molar-refractivity contribution in [2.45, 2.75) is 39.2 Å². The van der Waals surface area contributed by atoms with Gasteiger partial charge in [-0.25, -0.2) is 4.98 Å². The van der Waals surface area contributed by atoms with Gasteiger partial charge >= 0.3 is 0 Å². The molecule has 0 aliphatic heterocycles. The third kappa shape index (κ3) is 7.56. The Kier molecular flexibility index (Phi) is 8.25. The number of nitrogens with zero attached hydrogens (tertiary/aromatic N) is 2. The lowest BCUT2D eigenvalue weighted by Gasteiger charge is -2.17. The number of hydrogen-bond donors (Lipinski definition) is 3. The van der Waals surface area contributed by atoms with E-state index in [9.17, 15) is 0 Å². The molecule has 2 aromatic rings. The van der Waals surface area contributed by atoms with Crippen molar-refractivity contribution in [3.05, 3.63) is 46.3 Å². The fourth-order valence-corrected chi connectivity index (χ4v) is 3.54. The monoisotopic (exact) mass is 359 g/mol. The van der Waals surface area contributed by atoms with Gasteiger partial charge in [-0.1, -0.05) is 6.07 Å². The Morgan fingerprint density at radius 2 is 2.04 bits per heavy atom. The summed E-state index contributed by atoms with van der Waals surface area (Å²) in [5.74, 6) is 1.81. The molecule has 2 aromatic heterocycles. The maximum absolute atomic E-state index is 4.31. The number of aromatic nitrogens is 1. The summed E-state index contributed by atoms with van der Waals surface area (Å²) in [4.78, 5) is 11.3. The van der Waals surface area contributed by atoms with Gasteiger partial charge in [0.15, 0.2) is 5.96 Å². The van der Waals surface area contributed by atoms with Gasteiger partial charge < -0.3 is 16.0 Å². The molecule has 0 radical (unpaired) electrons. The average molecular weight is 360 g/mol. The largest absolute Gasteiger partial charge is 0.370 e. The van der Waals surface area contributed by atoms with Crippen molar-refractivity contribution in [3.63, 3.8) is 0 Å². The molecule has 0 amide bonds. The minimum atomic E-state index is 0.357. The Morgan fingerprint density at radius 3 is 2.72 bits per heavy atom. The van der Waals surface area contributed by atoms with Crippen LogP contribution in [-0.2, 0) is 6.42 Å². The maximum atomic E-state index is 4.31. The van der Waals surface area contributed by atoms with E-state index in [4.69, 9.17) is 0 Å². The molecule has 0 aliphatic rings. The zero-order chi connectivity index (χ0) is 17.9. The van der Waals surface area contributed by atoms with Crippen molar-refractivity contribution < 1.29 is 0 Å². The number of nitrogens with one attached hydrogen (secondary N) is 3. The smallest absolute Gasteiger partial charge is 0.191 e. The topological polar surface area (TPSA) is 61.3 Å². The number of unbranched alkanes of at least 4 members (excludes halogenated alkanes) is 1. The van der Waals surface area contributed by atoms with Crippen LogP contribution in [0.1, 0.15) is 29.5 Å². The van der Waals surface area contributed by atoms with Crippen LogP contribution in [0.4, 0.5) is 5.82 Å². The highest BCUT2D eigenvalue weighted by Gasteiger charge is 2.07. The van der Waals surface area contributed by atoms with E-state index in [0.717, 1.165) is 44.1 Å². The molecule has 136 valence electrons. The first-order valence-electron chi connectivity index (χ1n) is 8.85. The van der Waals surface area contributed by atoms with Crippen molar-refractivity contribution in [1.29, 1.82) is 0 Å². The number of pyridine rings is 1. The number of rotatable bonds is 9. The summed E-state index contributed by atoms with van der Waals surface area (Å²) in [6.45, 7) is 6.18. The van der Waals surface area contributed by atoms with Gasteiger partial charge in [-0.2, -0.15) is 0 Å². The van der Waals surface area contributed by atoms with Gasteiger partial charge in [0.25, 0.3) is 0 Å². The van der Waals surface area contributed by atoms with Gasteiger partial charge in [-0.3, -0.25) is 4.99 Å². The molecule has 0 aliphatic carbocycles. The Hall–Kier alpha value is -2.08. The van der Waals surface area contributed by atoms with Gasteiger partial charge in [0.2, 0.25) is 0 Å². The van der Waals surface area contributed by atoms with Crippen molar-refractivity contribution in [3.8, 4) is 0 Å². The number of guanidine groups is 1. The highest BCUT2D eigenvalue weighted by Crippen LogP contribution is 2.16. The number of hydrogen-bond acceptors (Lipinski definition) is 4. The Bertz CT molecular complexity index is 638. The van der Waals surface area contributed by atoms with E-state index in [-0.39, 0.29) is 0 Å². The lowest BCUT2D eigenvalue weighted by molar-refractivity contribution is 0.636. The van der Waals surface area contributed by atoms with Gasteiger partial charge in [0, 0.05) is 48.6 Å². The molecule has 0 saturated heterocycles. The molecule has 2 heterocycles. The Balaban J connectivity index is 1.58. The maximum Gasteiger partial charge on any atom is 0.191 e. The first kappa shape index (κ1) is 19.2. The van der Waals surface area contributed by atoms with Crippen LogP contribution in [0.2, 0.25) is 0 Å². The second-order valence-corrected chi connectivity index (χ2v) is 7.48. The molecule has 0 aromatic carbocycles. The zero-order valence-corrected chi connectivity index (χ0v) is 16.2. The second kappa shape index (κ2) is 10.7. The lowest BCUT2D eigenvalue weighted by Crippen LogP contribution is -2.43. The van der Waals surface area contributed by atoms with E-state index in [1.54, 1.807) is 6.20 Å². The first-order valence-corrected chi connectivity index (χ1v) is 9.66. The number of thiophene rings is 1. The predicted molar refractivity (Wildman–Crippen MR) is 109 cm³/mol. The summed E-state index contributed by atoms with van der Waals surface area (Å²) in [5, 5.41) is 10.2. The first-order chi connectivity index (χ1) is 12.2. The number of aryl methyl sites for hydroxylation is 1. The molecule has 0 bridgehead atoms. The van der Waals surface area contributed by atoms with Crippen LogP contribution in [0.3, 0.4) is 0 Å². The van der Waals surface area contributed by atoms with Crippen LogP contribution in [-0.4, -0.2) is 37.1 Å². The van der Waals surface area contributed by atoms with Crippen molar-refractivity contribution in [2.24, 2.45) is 4.99 Å². The van der Waals surface area contributed by atoms with Crippen molar-refractivity contribution in [1.82, 2.24) is 15.6 Å². The number of anilines is 1. The summed E-state index contributed by atoms with van der Waals surface area (Å²) in [7, 11) is 1.82. The summed E-state index contributed by atoms with van der Waals surface area (Å²) < 4.78 is 0. The minimum absolute atomic E-state index is 0.357. The van der Waals surface area contributed by atoms with Gasteiger partial charge in [0.05, 0.1) is 0 Å². The standard InChI is InChI=1S/C19H29N5S/c1-15(14-17-10-9-16(2)25-17)24-19(20-3)23-13-7-6-12-22-18-8-4-5-11-21-18/h4-5,8-11,15H,6-7,12-14H2,1-3H3,(H,21,22)(H2,20,23,24). The fourth-order valence-electron chi connectivity index (χ4n) is 2.52. The molecular formula is C19H29N5S. The van der Waals surface area contributed by atoms with Crippen LogP contribution >= 0.6 is 11.3 Å². The molecule has 0 spiro atoms. The minimum Gasteiger partial charge on any atom is -0.370 e. The van der Waals surface area contributed by atoms with Crippen LogP contribution in [0.5, 0.6) is 0 Å². The van der Waals surface area contributed by atoms with E-state index in [0.29, 0.717) is 6.04 Å². The third-order valence-electron chi connectivity index (χ3n) is 3.78. The molecule has 0 saturated carbocycles. The Morgan fingerprint density at radius 1 is 1.20 bits per heavy atom. The molecule has 5 nitrogen and oxygen atoms in total. The highest BCUT2D eigenvalue weighted by molar-refractivity contribution is 7.11. The third-order valence-corrected chi connectivity index (χ3v) is 4.80. The zero-order valence-electron chi connectivity index (χ0n) is 15.4. The summed E-state index contributed by atoms with van der Waals surface area (Å²) in [6.07, 6.45) is 5.00. The quantitative estimate of drug-likeness (QED) is 0.365. The molecule has 2 rings (SSSR count). The summed E-state index contributed by atoms with van der Waals surface area (Å²) in [5.41, 5.74) is 0. The predicted octanol–water partition coefficient (Wildman–Crippen LogP) is 3.44. The molecule has 0 fully saturated rings. The Labute approximate surface area is 155 Å². The summed E-state index contributed by atoms with van der Waals surface area (Å²) >= 11 is 1.86. The molecule has 1 unspecified atom stereocenters. The van der Waals surface area contributed by atoms with Crippen molar-refractivity contribution >= 4 is 23.1 Å². The van der Waals surface area contributed by atoms with Gasteiger partial charge in [-0.05, 0) is 51.0 Å². The SMILES string of the molecule is CN=C(NCCCCNc1ccccn1)NC(C)Cc1ccc(C)s1. The van der Waals surface area contributed by atoms with Crippen molar-refractivity contribution in [2.75, 3.05) is 25.5 Å². The van der Waals surface area contributed by atoms with Crippen LogP contribution in [0.15, 0.2) is 41.5 Å². The van der Waals surface area contributed by atoms with E-state index < -0.39 is 0 Å². The number of aliphatic imine (C=N–C) groups is 1. The molecule has 3 N–H and O–H groups in total. The normalized spacial score (nSPS) is 12.7. The molecular weight excluding hydrogens is 330 g/mol. The average Bonchev–Trinajstić information content (AvgIpc) is 3.02. The van der Waals surface area contributed by atoms with E-state index in [2.05, 4.69) is 51.9 Å². The molecule has 1 atom stereocenters. The van der Waals surface area contributed by atoms with E-state index >= 15 is 0 Å². The van der Waals surface area contributed by atoms with Crippen LogP contribution in [0.25, 0.3) is 0 Å². The lowest BCUT2D eigenvalue weighted by atomic mass is 10.2. The van der Waals surface area contributed by atoms with Gasteiger partial charge in [-0.15, -0.1) is 11.3 Å². The highest BCUT2D eigenvalue weighted by atomic mass is 32.1. The van der Waals surface area contributed by atoms with E-state index in [1.807, 2.05) is 36.6 Å². The van der Waals surface area contributed by atoms with Gasteiger partial charge in [0.1, 0.15) is 5.82 Å². The molecule has 6 heteroatoms. The fraction of sp³-hybridized carbons (Fsp3) is 0.474. The summed E-state index contributed by atoms with van der Waals surface area (Å²) in [6, 6.07) is 10.6. The second-order valence-electron chi connectivity index (χ2n) is 6.11. The van der Waals surface area contributed by atoms with E-state index in [1.165, 1.54) is 9.75 Å². The van der Waals surface area contributed by atoms with Crippen LogP contribution in [0, 0.1) is 6.92 Å². The van der Waals surface area contributed by atoms with Crippen LogP contribution < -0.4 is 16.0 Å².